The number of hydrogen-bond acceptors (Lipinski definition) is 11. The topological polar surface area (TPSA) is 210 Å². The average Bonchev–Trinajstić information content (AvgIpc) is 3.90. The molecule has 0 radical (unpaired) electrons. The highest BCUT2D eigenvalue weighted by Crippen LogP contribution is 2.42. The number of fused-ring (bicyclic) bond motifs is 4. The lowest BCUT2D eigenvalue weighted by atomic mass is 10.0. The van der Waals surface area contributed by atoms with Crippen molar-refractivity contribution in [3.63, 3.8) is 0 Å². The summed E-state index contributed by atoms with van der Waals surface area (Å²) in [5.74, 6) is -0.695. The summed E-state index contributed by atoms with van der Waals surface area (Å²) in [4.78, 5) is 77.0. The van der Waals surface area contributed by atoms with E-state index in [1.807, 2.05) is 12.1 Å². The number of amides is 5. The van der Waals surface area contributed by atoms with E-state index in [-0.39, 0.29) is 48.8 Å². The van der Waals surface area contributed by atoms with Gasteiger partial charge in [-0.3, -0.25) is 29.2 Å². The van der Waals surface area contributed by atoms with Gasteiger partial charge in [-0.05, 0) is 71.5 Å². The Morgan fingerprint density at radius 3 is 1.65 bits per heavy atom. The van der Waals surface area contributed by atoms with Crippen LogP contribution in [-0.4, -0.2) is 109 Å². The van der Waals surface area contributed by atoms with Crippen LogP contribution >= 0.6 is 0 Å². The van der Waals surface area contributed by atoms with E-state index < -0.39 is 30.0 Å². The van der Waals surface area contributed by atoms with Crippen LogP contribution in [0.4, 0.5) is 26.2 Å². The summed E-state index contributed by atoms with van der Waals surface area (Å²) in [5, 5.41) is 16.6. The second-order valence-corrected chi connectivity index (χ2v) is 16.9. The van der Waals surface area contributed by atoms with Crippen molar-refractivity contribution in [1.82, 2.24) is 20.4 Å². The summed E-state index contributed by atoms with van der Waals surface area (Å²) in [6, 6.07) is 17.3. The molecule has 0 aliphatic carbocycles. The molecule has 0 unspecified atom stereocenters. The minimum absolute atomic E-state index is 0.235. The molecule has 5 amide bonds. The zero-order valence-corrected chi connectivity index (χ0v) is 37.9. The molecule has 0 saturated heterocycles. The Kier molecular flexibility index (Phi) is 13.6. The zero-order chi connectivity index (χ0) is 48.2. The van der Waals surface area contributed by atoms with Crippen molar-refractivity contribution in [2.75, 3.05) is 32.8 Å². The molecule has 17 nitrogen and oxygen atoms in total. The molecule has 4 N–H and O–H groups in total. The summed E-state index contributed by atoms with van der Waals surface area (Å²) >= 11 is 0. The van der Waals surface area contributed by atoms with E-state index in [9.17, 15) is 28.4 Å². The quantitative estimate of drug-likeness (QED) is 0.0820. The molecular weight excluding hydrogens is 878 g/mol. The van der Waals surface area contributed by atoms with E-state index in [1.54, 1.807) is 97.0 Å². The monoisotopic (exact) mass is 927 g/mol. The molecule has 4 atom stereocenters. The lowest BCUT2D eigenvalue weighted by molar-refractivity contribution is -0.128. The molecule has 4 aromatic carbocycles. The number of nitrogens with zero attached hydrogens (tertiary/aromatic N) is 4. The molecule has 0 saturated carbocycles. The third-order valence-corrected chi connectivity index (χ3v) is 11.9. The minimum atomic E-state index is -1.34. The molecule has 0 bridgehead atoms. The third-order valence-electron chi connectivity index (χ3n) is 11.9. The predicted molar refractivity (Wildman–Crippen MR) is 252 cm³/mol. The van der Waals surface area contributed by atoms with Crippen molar-refractivity contribution in [1.29, 1.82) is 0 Å². The van der Waals surface area contributed by atoms with Gasteiger partial charge in [-0.2, -0.15) is 0 Å². The Morgan fingerprint density at radius 2 is 1.19 bits per heavy atom. The first kappa shape index (κ1) is 46.5. The van der Waals surface area contributed by atoms with Gasteiger partial charge in [-0.15, -0.1) is 0 Å². The number of methoxy groups -OCH3 is 2. The van der Waals surface area contributed by atoms with E-state index in [2.05, 4.69) is 20.9 Å². The molecular formula is C50H50FN7O10. The zero-order valence-electron chi connectivity index (χ0n) is 37.9. The van der Waals surface area contributed by atoms with Crippen LogP contribution in [0, 0.1) is 11.7 Å². The number of rotatable bonds is 16. The van der Waals surface area contributed by atoms with Crippen molar-refractivity contribution < 1.29 is 52.4 Å². The van der Waals surface area contributed by atoms with Crippen molar-refractivity contribution in [2.24, 2.45) is 15.9 Å². The maximum Gasteiger partial charge on any atom is 0.405 e. The van der Waals surface area contributed by atoms with Crippen LogP contribution < -0.4 is 34.9 Å². The highest BCUT2D eigenvalue weighted by molar-refractivity contribution is 6.07. The number of carbonyl (C=O) groups excluding carboxylic acids is 4. The van der Waals surface area contributed by atoms with Crippen molar-refractivity contribution in [2.45, 2.75) is 64.2 Å². The van der Waals surface area contributed by atoms with Gasteiger partial charge in [0.05, 0.1) is 62.0 Å². The number of ether oxygens (including phenoxy) is 4. The number of hydrogen-bond donors (Lipinski definition) is 4. The number of nitrogens with one attached hydrogen (secondary N) is 3. The van der Waals surface area contributed by atoms with Gasteiger partial charge in [0.15, 0.2) is 23.0 Å². The fourth-order valence-corrected chi connectivity index (χ4v) is 8.28. The average molecular weight is 928 g/mol. The molecule has 4 aromatic rings. The molecule has 4 aliphatic rings. The predicted octanol–water partition coefficient (Wildman–Crippen LogP) is 7.37. The van der Waals surface area contributed by atoms with Gasteiger partial charge in [0.25, 0.3) is 11.8 Å². The Bertz CT molecular complexity index is 2770. The summed E-state index contributed by atoms with van der Waals surface area (Å²) in [5.41, 5.74) is 5.55. The maximum absolute atomic E-state index is 14.0. The van der Waals surface area contributed by atoms with Gasteiger partial charge in [0, 0.05) is 61.9 Å². The fourth-order valence-electron chi connectivity index (χ4n) is 8.28. The summed E-state index contributed by atoms with van der Waals surface area (Å²) < 4.78 is 37.0. The first-order chi connectivity index (χ1) is 32.7. The lowest BCUT2D eigenvalue weighted by Crippen LogP contribution is -2.53. The standard InChI is InChI=1S/C50H50FN7O10/c1-27(2)45(56-50(63)64)47(60)54-28(3)46(59)55-34-13-9-30(10-14-34)32-18-36-24-53-40-22-44(42(66-5)20-38(40)49(62)58(36)26-32)68-16-6-15-67-43-21-39-37(19-41(43)65-4)48(61)57-25-31(17-35(57)23-52-39)29-7-11-33(51)12-8-29/h7-14,19-28,35-36,45,56H,6,15-18H2,1-5H3,(H,54,60)(H,55,59)(H,63,64)/t28-,35-,36-,45-/m0/s1. The van der Waals surface area contributed by atoms with Gasteiger partial charge >= 0.3 is 6.09 Å². The van der Waals surface area contributed by atoms with E-state index in [1.165, 1.54) is 33.3 Å². The molecule has 4 heterocycles. The molecule has 18 heteroatoms. The number of anilines is 1. The second-order valence-electron chi connectivity index (χ2n) is 16.9. The van der Waals surface area contributed by atoms with Crippen molar-refractivity contribution >= 4 is 70.4 Å². The number of halogens is 1. The molecule has 352 valence electrons. The van der Waals surface area contributed by atoms with Crippen LogP contribution in [0.1, 0.15) is 71.9 Å². The van der Waals surface area contributed by atoms with Crippen LogP contribution in [0.2, 0.25) is 0 Å². The van der Waals surface area contributed by atoms with E-state index in [0.717, 1.165) is 22.3 Å². The number of aliphatic imine (C=N–C) groups is 2. The van der Waals surface area contributed by atoms with Crippen molar-refractivity contribution in [3.8, 4) is 23.0 Å². The lowest BCUT2D eigenvalue weighted by Gasteiger charge is -2.22. The summed E-state index contributed by atoms with van der Waals surface area (Å²) in [6.07, 6.45) is 7.21. The van der Waals surface area contributed by atoms with Crippen LogP contribution in [0.25, 0.3) is 11.1 Å². The van der Waals surface area contributed by atoms with Gasteiger partial charge in [0.1, 0.15) is 17.9 Å². The number of carboxylic acid groups (broad SMARTS) is 1. The van der Waals surface area contributed by atoms with Gasteiger partial charge in [-0.25, -0.2) is 9.18 Å². The second kappa shape index (κ2) is 19.8. The molecule has 0 fully saturated rings. The first-order valence-corrected chi connectivity index (χ1v) is 22.0. The minimum Gasteiger partial charge on any atom is -0.493 e. The summed E-state index contributed by atoms with van der Waals surface area (Å²) in [7, 11) is 2.99. The Hall–Kier alpha value is -8.02. The van der Waals surface area contributed by atoms with Gasteiger partial charge < -0.3 is 49.8 Å². The molecule has 0 spiro atoms. The molecule has 0 aromatic heterocycles. The fraction of sp³-hybridized carbons (Fsp3) is 0.300. The molecule has 68 heavy (non-hydrogen) atoms. The third kappa shape index (κ3) is 9.89. The smallest absolute Gasteiger partial charge is 0.405 e. The highest BCUT2D eigenvalue weighted by Gasteiger charge is 2.35. The Labute approximate surface area is 391 Å². The Morgan fingerprint density at radius 1 is 0.706 bits per heavy atom. The van der Waals surface area contributed by atoms with Gasteiger partial charge in [-0.1, -0.05) is 38.1 Å². The van der Waals surface area contributed by atoms with Crippen LogP contribution in [-0.2, 0) is 9.59 Å². The highest BCUT2D eigenvalue weighted by atomic mass is 19.1. The number of carbonyl (C=O) groups is 5. The largest absolute Gasteiger partial charge is 0.493 e. The molecule has 4 aliphatic heterocycles. The van der Waals surface area contributed by atoms with Crippen LogP contribution in [0.15, 0.2) is 95.2 Å². The maximum atomic E-state index is 14.0. The Balaban J connectivity index is 0.856. The molecule has 8 rings (SSSR count). The SMILES string of the molecule is COc1cc2c(cc1OCCCOc1cc3c(cc1OC)C(=O)N1C=C(c4ccc(NC(=O)[C@H](C)NC(=O)[C@@H](NC(=O)O)C(C)C)cc4)C[C@H]1C=N3)N=C[C@@H]1CC(c3ccc(F)cc3)=CN1C2=O. The van der Waals surface area contributed by atoms with E-state index in [4.69, 9.17) is 29.0 Å². The van der Waals surface area contributed by atoms with Crippen LogP contribution in [0.3, 0.4) is 0 Å². The normalized spacial score (nSPS) is 17.6. The van der Waals surface area contributed by atoms with Crippen molar-refractivity contribution in [3.05, 3.63) is 113 Å². The van der Waals surface area contributed by atoms with E-state index >= 15 is 0 Å². The van der Waals surface area contributed by atoms with Gasteiger partial charge in [0.2, 0.25) is 11.8 Å². The number of benzene rings is 4. The van der Waals surface area contributed by atoms with Crippen LogP contribution in [0.5, 0.6) is 23.0 Å². The summed E-state index contributed by atoms with van der Waals surface area (Å²) in [6.45, 7) is 5.38. The van der Waals surface area contributed by atoms with E-state index in [0.29, 0.717) is 70.4 Å². The first-order valence-electron chi connectivity index (χ1n) is 22.0.